The van der Waals surface area contributed by atoms with E-state index in [9.17, 15) is 0 Å². The van der Waals surface area contributed by atoms with Crippen molar-refractivity contribution < 1.29 is 48.5 Å². The zero-order valence-electron chi connectivity index (χ0n) is 29.4. The molecule has 9 rings (SSSR count). The molecule has 0 atom stereocenters. The van der Waals surface area contributed by atoms with Gasteiger partial charge in [-0.25, -0.2) is 0 Å². The molecular weight excluding hydrogens is 769 g/mol. The summed E-state index contributed by atoms with van der Waals surface area (Å²) in [6.07, 6.45) is 0. The minimum atomic E-state index is 0. The summed E-state index contributed by atoms with van der Waals surface area (Å²) >= 11 is 0. The summed E-state index contributed by atoms with van der Waals surface area (Å²) in [5, 5.41) is 0. The number of fused-ring (bicyclic) bond motifs is 6. The van der Waals surface area contributed by atoms with Crippen LogP contribution in [0.5, 0.6) is 0 Å². The summed E-state index contributed by atoms with van der Waals surface area (Å²) in [6.45, 7) is 36.8. The van der Waals surface area contributed by atoms with Crippen LogP contribution in [0.4, 0.5) is 0 Å². The van der Waals surface area contributed by atoms with Crippen LogP contribution in [0.15, 0.2) is 35.3 Å². The third kappa shape index (κ3) is 4.92. The van der Waals surface area contributed by atoms with E-state index in [1.54, 1.807) is 0 Å². The summed E-state index contributed by atoms with van der Waals surface area (Å²) in [5.41, 5.74) is 0.203. The number of ether oxygens (including phenoxy) is 6. The molecule has 258 valence electrons. The van der Waals surface area contributed by atoms with Gasteiger partial charge >= 0.3 is 20.1 Å². The van der Waals surface area contributed by atoms with E-state index >= 15 is 0 Å². The Morgan fingerprint density at radius 2 is 0.457 bits per heavy atom. The van der Waals surface area contributed by atoms with Crippen LogP contribution in [0.25, 0.3) is 0 Å². The summed E-state index contributed by atoms with van der Waals surface area (Å²) in [6, 6.07) is 0. The van der Waals surface area contributed by atoms with Crippen molar-refractivity contribution in [2.24, 2.45) is 0 Å². The van der Waals surface area contributed by atoms with Gasteiger partial charge in [0.05, 0.1) is 0 Å². The third-order valence-electron chi connectivity index (χ3n) is 9.84. The molecule has 0 N–H and O–H groups in total. The molecule has 0 aromatic rings. The van der Waals surface area contributed by atoms with E-state index in [2.05, 4.69) is 132 Å². The van der Waals surface area contributed by atoms with Crippen molar-refractivity contribution in [2.45, 2.75) is 116 Å². The Bertz CT molecular complexity index is 1110. The first kappa shape index (κ1) is 33.4. The van der Waals surface area contributed by atoms with Crippen molar-refractivity contribution >= 4 is 0 Å². The van der Waals surface area contributed by atoms with Crippen LogP contribution in [0, 0.1) is 20.0 Å². The predicted octanol–water partition coefficient (Wildman–Crippen LogP) is 4.40. The Hall–Kier alpha value is -2.53. The van der Waals surface area contributed by atoms with Crippen LogP contribution < -0.4 is 0 Å². The quantitative estimate of drug-likeness (QED) is 0.326. The van der Waals surface area contributed by atoms with Crippen molar-refractivity contribution in [3.63, 3.8) is 0 Å². The largest absolute Gasteiger partial charge is 3.00 e. The Morgan fingerprint density at radius 3 is 0.587 bits per heavy atom. The van der Waals surface area contributed by atoms with Gasteiger partial charge in [-0.15, -0.1) is 20.0 Å². The zero-order valence-corrected chi connectivity index (χ0v) is 31.8. The van der Waals surface area contributed by atoms with Gasteiger partial charge in [0.2, 0.25) is 35.3 Å². The summed E-state index contributed by atoms with van der Waals surface area (Å²) < 4.78 is 34.2. The summed E-state index contributed by atoms with van der Waals surface area (Å²) in [5.74, 6) is 5.28. The van der Waals surface area contributed by atoms with E-state index in [1.807, 2.05) is 0 Å². The average Bonchev–Trinajstić information content (AvgIpc) is 3.77. The summed E-state index contributed by atoms with van der Waals surface area (Å²) in [7, 11) is 0. The molecule has 13 heteroatoms. The molecule has 0 bridgehead atoms. The van der Waals surface area contributed by atoms with E-state index in [1.165, 1.54) is 0 Å². The van der Waals surface area contributed by atoms with Gasteiger partial charge in [-0.2, -0.15) is 0 Å². The molecule has 46 heavy (non-hydrogen) atoms. The minimum Gasteiger partial charge on any atom is -0.475 e. The second kappa shape index (κ2) is 10.2. The maximum Gasteiger partial charge on any atom is 3.00 e. The first-order valence-electron chi connectivity index (χ1n) is 16.1. The Kier molecular flexibility index (Phi) is 7.43. The van der Waals surface area contributed by atoms with Gasteiger partial charge in [0.1, 0.15) is 39.6 Å². The van der Waals surface area contributed by atoms with Gasteiger partial charge in [0.25, 0.3) is 0 Å². The van der Waals surface area contributed by atoms with Crippen molar-refractivity contribution in [3.8, 4) is 0 Å². The third-order valence-corrected chi connectivity index (χ3v) is 9.84. The molecule has 9 aliphatic heterocycles. The van der Waals surface area contributed by atoms with Crippen LogP contribution in [0.1, 0.15) is 83.1 Å². The van der Waals surface area contributed by atoms with Crippen LogP contribution in [0.3, 0.4) is 0 Å². The number of nitrogens with zero attached hydrogens (tertiary/aromatic N) is 6. The number of hydrogen-bond acceptors (Lipinski definition) is 12. The standard InChI is InChI=1S/3C11H17N2O2.Ir/c3*1-10(2)5-14-8-9-13(7-12(8)10)11(3,4)6-15-9;/h3*7H,5-6H2,1-4H3;/q3*-1;+3. The molecule has 0 aromatic carbocycles. The summed E-state index contributed by atoms with van der Waals surface area (Å²) in [4.78, 5) is 13.0. The van der Waals surface area contributed by atoms with Gasteiger partial charge in [-0.3, -0.25) is 0 Å². The fraction of sp³-hybridized carbons (Fsp3) is 0.727. The second-order valence-electron chi connectivity index (χ2n) is 17.0. The first-order chi connectivity index (χ1) is 20.8. The Labute approximate surface area is 288 Å². The smallest absolute Gasteiger partial charge is 0.475 e. The van der Waals surface area contributed by atoms with E-state index in [0.29, 0.717) is 0 Å². The fourth-order valence-electron chi connectivity index (χ4n) is 6.54. The molecule has 9 heterocycles. The van der Waals surface area contributed by atoms with Crippen LogP contribution >= 0.6 is 0 Å². The Balaban J connectivity index is 0.000000120. The van der Waals surface area contributed by atoms with Gasteiger partial charge in [0.15, 0.2) is 0 Å². The van der Waals surface area contributed by atoms with E-state index < -0.39 is 0 Å². The molecule has 6 fully saturated rings. The second-order valence-corrected chi connectivity index (χ2v) is 17.0. The molecule has 0 saturated carbocycles. The molecule has 9 aliphatic rings. The van der Waals surface area contributed by atoms with Crippen LogP contribution in [-0.2, 0) is 48.5 Å². The van der Waals surface area contributed by atoms with E-state index in [4.69, 9.17) is 28.4 Å². The van der Waals surface area contributed by atoms with E-state index in [-0.39, 0.29) is 53.3 Å². The van der Waals surface area contributed by atoms with Gasteiger partial charge < -0.3 is 57.8 Å². The normalized spacial score (nSPS) is 29.5. The first-order valence-corrected chi connectivity index (χ1v) is 16.1. The monoisotopic (exact) mass is 820 g/mol. The molecule has 0 spiro atoms. The van der Waals surface area contributed by atoms with Crippen LogP contribution in [0.2, 0.25) is 0 Å². The molecule has 0 radical (unpaired) electrons. The minimum absolute atomic E-state index is 0. The molecule has 0 aliphatic carbocycles. The average molecular weight is 820 g/mol. The molecule has 6 saturated heterocycles. The fourth-order valence-corrected chi connectivity index (χ4v) is 6.54. The molecule has 0 aromatic heterocycles. The Morgan fingerprint density at radius 1 is 0.326 bits per heavy atom. The van der Waals surface area contributed by atoms with Gasteiger partial charge in [0, 0.05) is 33.2 Å². The topological polar surface area (TPSA) is 74.8 Å². The molecule has 12 nitrogen and oxygen atoms in total. The maximum atomic E-state index is 5.71. The van der Waals surface area contributed by atoms with Gasteiger partial charge in [-0.1, -0.05) is 0 Å². The molecule has 0 unspecified atom stereocenters. The number of hydrogen-bond donors (Lipinski definition) is 0. The maximum absolute atomic E-state index is 5.71. The van der Waals surface area contributed by atoms with Crippen molar-refractivity contribution in [1.29, 1.82) is 0 Å². The van der Waals surface area contributed by atoms with Crippen molar-refractivity contribution in [3.05, 3.63) is 55.3 Å². The van der Waals surface area contributed by atoms with Crippen LogP contribution in [-0.4, -0.2) is 102 Å². The zero-order chi connectivity index (χ0) is 32.5. The molecule has 0 amide bonds. The number of rotatable bonds is 0. The SMILES string of the molecule is CC1(C)COC2=C3OCC(C)(C)N3[CH-]N21.CC1(C)COC2=C3OCC(C)(C)N3[CH-]N21.CC1(C)COC2=C3OCC(C)(C)N3[CH-]N21.[Ir+3]. The van der Waals surface area contributed by atoms with E-state index in [0.717, 1.165) is 74.9 Å². The van der Waals surface area contributed by atoms with Crippen molar-refractivity contribution in [2.75, 3.05) is 39.6 Å². The van der Waals surface area contributed by atoms with Gasteiger partial charge in [-0.05, 0) is 83.1 Å². The predicted molar refractivity (Wildman–Crippen MR) is 165 cm³/mol. The molecular formula is C33H51IrN6O6. The van der Waals surface area contributed by atoms with Crippen molar-refractivity contribution in [1.82, 2.24) is 29.4 Å².